The number of allylic oxidation sites excluding steroid dienone is 1. The highest BCUT2D eigenvalue weighted by atomic mass is 16.5. The summed E-state index contributed by atoms with van der Waals surface area (Å²) in [5.41, 5.74) is 1.05. The van der Waals surface area contributed by atoms with E-state index in [1.54, 1.807) is 0 Å². The Labute approximate surface area is 80.0 Å². The summed E-state index contributed by atoms with van der Waals surface area (Å²) in [5, 5.41) is 0. The second-order valence-electron chi connectivity index (χ2n) is 2.91. The molecular weight excluding hydrogens is 164 g/mol. The lowest BCUT2D eigenvalue weighted by atomic mass is 10.1. The molecule has 0 fully saturated rings. The SMILES string of the molecule is C#CCOC(=O)/C=C(\C)CCCC. The second kappa shape index (κ2) is 7.42. The van der Waals surface area contributed by atoms with Crippen molar-refractivity contribution >= 4 is 5.97 Å². The summed E-state index contributed by atoms with van der Waals surface area (Å²) >= 11 is 0. The van der Waals surface area contributed by atoms with Gasteiger partial charge in [-0.1, -0.05) is 24.8 Å². The normalized spacial score (nSPS) is 10.7. The number of unbranched alkanes of at least 4 members (excludes halogenated alkanes) is 1. The predicted molar refractivity (Wildman–Crippen MR) is 53.1 cm³/mol. The Morgan fingerprint density at radius 2 is 2.31 bits per heavy atom. The van der Waals surface area contributed by atoms with Crippen molar-refractivity contribution in [2.24, 2.45) is 0 Å². The first-order valence-corrected chi connectivity index (χ1v) is 4.48. The van der Waals surface area contributed by atoms with Crippen molar-refractivity contribution in [2.45, 2.75) is 33.1 Å². The number of rotatable bonds is 5. The topological polar surface area (TPSA) is 26.3 Å². The van der Waals surface area contributed by atoms with Crippen LogP contribution in [0.1, 0.15) is 33.1 Å². The number of carbonyl (C=O) groups excluding carboxylic acids is 1. The van der Waals surface area contributed by atoms with Crippen LogP contribution < -0.4 is 0 Å². The van der Waals surface area contributed by atoms with Gasteiger partial charge in [-0.2, -0.15) is 0 Å². The van der Waals surface area contributed by atoms with Gasteiger partial charge in [0.05, 0.1) is 0 Å². The van der Waals surface area contributed by atoms with Crippen molar-refractivity contribution in [1.82, 2.24) is 0 Å². The van der Waals surface area contributed by atoms with Gasteiger partial charge in [-0.25, -0.2) is 4.79 Å². The van der Waals surface area contributed by atoms with Crippen LogP contribution in [0, 0.1) is 12.3 Å². The van der Waals surface area contributed by atoms with Gasteiger partial charge in [-0.05, 0) is 19.8 Å². The minimum Gasteiger partial charge on any atom is -0.449 e. The average Bonchev–Trinajstić information content (AvgIpc) is 2.11. The largest absolute Gasteiger partial charge is 0.449 e. The minimum atomic E-state index is -0.341. The quantitative estimate of drug-likeness (QED) is 0.368. The molecule has 0 aromatic carbocycles. The first-order chi connectivity index (χ1) is 6.20. The smallest absolute Gasteiger partial charge is 0.331 e. The molecule has 0 aromatic heterocycles. The molecule has 2 nitrogen and oxygen atoms in total. The van der Waals surface area contributed by atoms with Gasteiger partial charge in [0.1, 0.15) is 0 Å². The van der Waals surface area contributed by atoms with Gasteiger partial charge in [0, 0.05) is 6.08 Å². The Morgan fingerprint density at radius 1 is 1.62 bits per heavy atom. The summed E-state index contributed by atoms with van der Waals surface area (Å²) in [7, 11) is 0. The van der Waals surface area contributed by atoms with Gasteiger partial charge in [-0.15, -0.1) is 6.42 Å². The fourth-order valence-electron chi connectivity index (χ4n) is 0.883. The Kier molecular flexibility index (Phi) is 6.72. The van der Waals surface area contributed by atoms with E-state index in [0.29, 0.717) is 0 Å². The van der Waals surface area contributed by atoms with E-state index in [0.717, 1.165) is 24.8 Å². The van der Waals surface area contributed by atoms with Crippen LogP contribution in [0.3, 0.4) is 0 Å². The van der Waals surface area contributed by atoms with E-state index < -0.39 is 0 Å². The second-order valence-corrected chi connectivity index (χ2v) is 2.91. The molecule has 0 heterocycles. The Balaban J connectivity index is 3.78. The minimum absolute atomic E-state index is 0.0520. The number of esters is 1. The zero-order chi connectivity index (χ0) is 10.1. The van der Waals surface area contributed by atoms with Crippen LogP contribution >= 0.6 is 0 Å². The van der Waals surface area contributed by atoms with Gasteiger partial charge in [0.2, 0.25) is 0 Å². The maximum absolute atomic E-state index is 11.0. The van der Waals surface area contributed by atoms with Crippen LogP contribution in [0.5, 0.6) is 0 Å². The molecule has 0 saturated carbocycles. The summed E-state index contributed by atoms with van der Waals surface area (Å²) in [6, 6.07) is 0. The van der Waals surface area contributed by atoms with Crippen molar-refractivity contribution in [2.75, 3.05) is 6.61 Å². The molecule has 0 N–H and O–H groups in total. The van der Waals surface area contributed by atoms with Crippen LogP contribution in [-0.4, -0.2) is 12.6 Å². The predicted octanol–water partition coefficient (Wildman–Crippen LogP) is 2.30. The van der Waals surface area contributed by atoms with E-state index >= 15 is 0 Å². The number of hydrogen-bond donors (Lipinski definition) is 0. The lowest BCUT2D eigenvalue weighted by molar-refractivity contribution is -0.136. The fourth-order valence-corrected chi connectivity index (χ4v) is 0.883. The molecule has 0 aliphatic heterocycles. The van der Waals surface area contributed by atoms with Gasteiger partial charge >= 0.3 is 5.97 Å². The van der Waals surface area contributed by atoms with E-state index in [-0.39, 0.29) is 12.6 Å². The summed E-state index contributed by atoms with van der Waals surface area (Å²) in [5.74, 6) is 1.90. The zero-order valence-electron chi connectivity index (χ0n) is 8.30. The lowest BCUT2D eigenvalue weighted by Gasteiger charge is -1.99. The molecule has 0 atom stereocenters. The third-order valence-electron chi connectivity index (χ3n) is 1.59. The molecule has 0 rings (SSSR count). The lowest BCUT2D eigenvalue weighted by Crippen LogP contribution is -2.01. The highest BCUT2D eigenvalue weighted by Crippen LogP contribution is 2.05. The highest BCUT2D eigenvalue weighted by molar-refractivity contribution is 5.82. The molecule has 0 unspecified atom stereocenters. The van der Waals surface area contributed by atoms with Crippen LogP contribution in [0.2, 0.25) is 0 Å². The van der Waals surface area contributed by atoms with E-state index in [1.165, 1.54) is 6.08 Å². The number of terminal acetylenes is 1. The van der Waals surface area contributed by atoms with E-state index in [2.05, 4.69) is 12.8 Å². The number of carbonyl (C=O) groups is 1. The van der Waals surface area contributed by atoms with E-state index in [9.17, 15) is 4.79 Å². The van der Waals surface area contributed by atoms with Gasteiger partial charge < -0.3 is 4.74 Å². The first kappa shape index (κ1) is 11.8. The van der Waals surface area contributed by atoms with Crippen molar-refractivity contribution < 1.29 is 9.53 Å². The molecule has 0 amide bonds. The molecule has 2 heteroatoms. The van der Waals surface area contributed by atoms with E-state index in [1.807, 2.05) is 6.92 Å². The zero-order valence-corrected chi connectivity index (χ0v) is 8.30. The molecule has 0 aliphatic carbocycles. The maximum atomic E-state index is 11.0. The number of ether oxygens (including phenoxy) is 1. The van der Waals surface area contributed by atoms with Crippen LogP contribution in [0.25, 0.3) is 0 Å². The summed E-state index contributed by atoms with van der Waals surface area (Å²) in [6.07, 6.45) is 9.62. The van der Waals surface area contributed by atoms with Crippen LogP contribution in [0.4, 0.5) is 0 Å². The van der Waals surface area contributed by atoms with Gasteiger partial charge in [-0.3, -0.25) is 0 Å². The third-order valence-corrected chi connectivity index (χ3v) is 1.59. The molecule has 0 aliphatic rings. The van der Waals surface area contributed by atoms with Crippen molar-refractivity contribution in [1.29, 1.82) is 0 Å². The van der Waals surface area contributed by atoms with Crippen molar-refractivity contribution in [3.63, 3.8) is 0 Å². The van der Waals surface area contributed by atoms with Gasteiger partial charge in [0.25, 0.3) is 0 Å². The first-order valence-electron chi connectivity index (χ1n) is 4.48. The van der Waals surface area contributed by atoms with Crippen LogP contribution in [0.15, 0.2) is 11.6 Å². The summed E-state index contributed by atoms with van der Waals surface area (Å²) < 4.78 is 4.69. The van der Waals surface area contributed by atoms with Gasteiger partial charge in [0.15, 0.2) is 6.61 Å². The van der Waals surface area contributed by atoms with Crippen LogP contribution in [-0.2, 0) is 9.53 Å². The molecule has 13 heavy (non-hydrogen) atoms. The van der Waals surface area contributed by atoms with E-state index in [4.69, 9.17) is 11.2 Å². The van der Waals surface area contributed by atoms with Crippen molar-refractivity contribution in [3.05, 3.63) is 11.6 Å². The summed E-state index contributed by atoms with van der Waals surface area (Å²) in [4.78, 5) is 11.0. The molecular formula is C11H16O2. The molecule has 0 saturated heterocycles. The molecule has 0 bridgehead atoms. The summed E-state index contributed by atoms with van der Waals surface area (Å²) in [6.45, 7) is 4.09. The molecule has 0 spiro atoms. The number of hydrogen-bond acceptors (Lipinski definition) is 2. The monoisotopic (exact) mass is 180 g/mol. The third kappa shape index (κ3) is 7.14. The Hall–Kier alpha value is -1.23. The molecule has 0 radical (unpaired) electrons. The maximum Gasteiger partial charge on any atom is 0.331 e. The average molecular weight is 180 g/mol. The molecule has 72 valence electrons. The Morgan fingerprint density at radius 3 is 2.85 bits per heavy atom. The molecule has 0 aromatic rings. The fraction of sp³-hybridized carbons (Fsp3) is 0.545. The highest BCUT2D eigenvalue weighted by Gasteiger charge is 1.97. The standard InChI is InChI=1S/C11H16O2/c1-4-6-7-10(3)9-11(12)13-8-5-2/h2,9H,4,6-8H2,1,3H3/b10-9+. The Bertz CT molecular complexity index is 221. The van der Waals surface area contributed by atoms with Crippen molar-refractivity contribution in [3.8, 4) is 12.3 Å².